The Morgan fingerprint density at radius 3 is 2.33 bits per heavy atom. The van der Waals surface area contributed by atoms with Gasteiger partial charge in [0, 0.05) is 25.2 Å². The topological polar surface area (TPSA) is 75.4 Å². The molecule has 0 amide bonds. The Morgan fingerprint density at radius 2 is 1.89 bits per heavy atom. The van der Waals surface area contributed by atoms with E-state index >= 15 is 0 Å². The summed E-state index contributed by atoms with van der Waals surface area (Å²) in [5.41, 5.74) is 0.504. The normalized spacial score (nSPS) is 13.3. The average Bonchev–Trinajstić information content (AvgIpc) is 2.28. The van der Waals surface area contributed by atoms with E-state index in [-0.39, 0.29) is 12.2 Å². The van der Waals surface area contributed by atoms with Gasteiger partial charge in [0.15, 0.2) is 6.10 Å². The Balaban J connectivity index is 2.43. The van der Waals surface area contributed by atoms with Crippen molar-refractivity contribution >= 4 is 5.69 Å². The van der Waals surface area contributed by atoms with Gasteiger partial charge in [-0.25, -0.2) is 0 Å². The van der Waals surface area contributed by atoms with Crippen molar-refractivity contribution in [3.63, 3.8) is 0 Å². The van der Waals surface area contributed by atoms with Gasteiger partial charge < -0.3 is 10.4 Å². The van der Waals surface area contributed by atoms with Gasteiger partial charge >= 0.3 is 6.18 Å². The first-order valence-electron chi connectivity index (χ1n) is 4.99. The van der Waals surface area contributed by atoms with Crippen LogP contribution in [0.4, 0.5) is 18.9 Å². The Hall–Kier alpha value is -1.67. The Morgan fingerprint density at radius 1 is 1.33 bits per heavy atom. The van der Waals surface area contributed by atoms with Crippen LogP contribution in [-0.4, -0.2) is 28.9 Å². The molecule has 0 aliphatic heterocycles. The number of hydrogen-bond donors (Lipinski definition) is 2. The minimum Gasteiger partial charge on any atom is -0.382 e. The quantitative estimate of drug-likeness (QED) is 0.625. The molecule has 0 spiro atoms. The molecule has 0 radical (unpaired) electrons. The highest BCUT2D eigenvalue weighted by molar-refractivity contribution is 5.32. The number of nitrogens with one attached hydrogen (secondary N) is 1. The molecule has 0 aliphatic rings. The molecule has 5 nitrogen and oxygen atoms in total. The molecule has 0 heterocycles. The Labute approximate surface area is 100 Å². The van der Waals surface area contributed by atoms with Crippen molar-refractivity contribution in [1.29, 1.82) is 0 Å². The molecule has 1 aromatic rings. The molecule has 0 aromatic heterocycles. The van der Waals surface area contributed by atoms with E-state index in [1.807, 2.05) is 0 Å². The number of aliphatic hydroxyl groups excluding tert-OH is 1. The van der Waals surface area contributed by atoms with E-state index in [0.717, 1.165) is 0 Å². The fourth-order valence-electron chi connectivity index (χ4n) is 1.20. The molecule has 2 N–H and O–H groups in total. The van der Waals surface area contributed by atoms with Crippen LogP contribution in [0.3, 0.4) is 0 Å². The van der Waals surface area contributed by atoms with Crippen LogP contribution in [0, 0.1) is 10.1 Å². The Bertz CT molecular complexity index is 406. The number of halogens is 3. The third-order valence-electron chi connectivity index (χ3n) is 2.19. The van der Waals surface area contributed by atoms with E-state index < -0.39 is 23.7 Å². The van der Waals surface area contributed by atoms with Gasteiger partial charge in [-0.05, 0) is 5.56 Å². The van der Waals surface area contributed by atoms with Gasteiger partial charge in [-0.1, -0.05) is 12.1 Å². The lowest BCUT2D eigenvalue weighted by Gasteiger charge is -2.14. The van der Waals surface area contributed by atoms with Gasteiger partial charge in [-0.15, -0.1) is 0 Å². The van der Waals surface area contributed by atoms with E-state index in [1.165, 1.54) is 24.3 Å². The number of non-ortho nitro benzene ring substituents is 1. The van der Waals surface area contributed by atoms with Gasteiger partial charge in [-0.2, -0.15) is 13.2 Å². The summed E-state index contributed by atoms with van der Waals surface area (Å²) in [5.74, 6) is 0. The SMILES string of the molecule is O=[N+]([O-])c1ccc(CNCC(O)C(F)(F)F)cc1. The van der Waals surface area contributed by atoms with Crippen molar-refractivity contribution in [2.75, 3.05) is 6.54 Å². The first-order chi connectivity index (χ1) is 8.30. The molecule has 1 unspecified atom stereocenters. The first-order valence-corrected chi connectivity index (χ1v) is 4.99. The van der Waals surface area contributed by atoms with Crippen LogP contribution in [0.15, 0.2) is 24.3 Å². The minimum atomic E-state index is -4.65. The zero-order valence-corrected chi connectivity index (χ0v) is 9.15. The third-order valence-corrected chi connectivity index (χ3v) is 2.19. The van der Waals surface area contributed by atoms with E-state index in [4.69, 9.17) is 5.11 Å². The maximum Gasteiger partial charge on any atom is 0.415 e. The summed E-state index contributed by atoms with van der Waals surface area (Å²) in [7, 11) is 0. The number of aliphatic hydroxyl groups is 1. The number of benzene rings is 1. The van der Waals surface area contributed by atoms with Crippen molar-refractivity contribution in [1.82, 2.24) is 5.32 Å². The van der Waals surface area contributed by atoms with Crippen LogP contribution in [0.2, 0.25) is 0 Å². The first kappa shape index (κ1) is 14.4. The van der Waals surface area contributed by atoms with Crippen molar-refractivity contribution < 1.29 is 23.2 Å². The highest BCUT2D eigenvalue weighted by Gasteiger charge is 2.37. The average molecular weight is 264 g/mol. The molecule has 0 fully saturated rings. The van der Waals surface area contributed by atoms with Crippen molar-refractivity contribution in [3.8, 4) is 0 Å². The standard InChI is InChI=1S/C10H11F3N2O3/c11-10(12,13)9(16)6-14-5-7-1-3-8(4-2-7)15(17)18/h1-4,9,14,16H,5-6H2. The zero-order chi connectivity index (χ0) is 13.8. The van der Waals surface area contributed by atoms with Gasteiger partial charge in [0.1, 0.15) is 0 Å². The van der Waals surface area contributed by atoms with Crippen molar-refractivity contribution in [2.45, 2.75) is 18.8 Å². The molecule has 100 valence electrons. The van der Waals surface area contributed by atoms with Crippen molar-refractivity contribution in [2.24, 2.45) is 0 Å². The second kappa shape index (κ2) is 5.78. The molecular formula is C10H11F3N2O3. The van der Waals surface area contributed by atoms with Crippen molar-refractivity contribution in [3.05, 3.63) is 39.9 Å². The number of nitro groups is 1. The second-order valence-corrected chi connectivity index (χ2v) is 3.61. The highest BCUT2D eigenvalue weighted by atomic mass is 19.4. The molecule has 0 bridgehead atoms. The number of hydrogen-bond acceptors (Lipinski definition) is 4. The number of nitro benzene ring substituents is 1. The second-order valence-electron chi connectivity index (χ2n) is 3.61. The highest BCUT2D eigenvalue weighted by Crippen LogP contribution is 2.19. The molecule has 8 heteroatoms. The summed E-state index contributed by atoms with van der Waals surface area (Å²) in [6, 6.07) is 5.39. The van der Waals surface area contributed by atoms with Crippen LogP contribution < -0.4 is 5.32 Å². The lowest BCUT2D eigenvalue weighted by Crippen LogP contribution is -2.38. The number of rotatable bonds is 5. The van der Waals surface area contributed by atoms with Gasteiger partial charge in [0.2, 0.25) is 0 Å². The predicted molar refractivity (Wildman–Crippen MR) is 56.9 cm³/mol. The molecule has 1 atom stereocenters. The molecule has 1 aromatic carbocycles. The summed E-state index contributed by atoms with van der Waals surface area (Å²) in [6.07, 6.45) is -7.07. The van der Waals surface area contributed by atoms with Crippen LogP contribution in [-0.2, 0) is 6.54 Å². The van der Waals surface area contributed by atoms with Crippen LogP contribution in [0.5, 0.6) is 0 Å². The fourth-order valence-corrected chi connectivity index (χ4v) is 1.20. The summed E-state index contributed by atoms with van der Waals surface area (Å²) in [6.45, 7) is -0.536. The summed E-state index contributed by atoms with van der Waals surface area (Å²) in [4.78, 5) is 9.79. The smallest absolute Gasteiger partial charge is 0.382 e. The lowest BCUT2D eigenvalue weighted by molar-refractivity contribution is -0.384. The van der Waals surface area contributed by atoms with E-state index in [1.54, 1.807) is 0 Å². The molecule has 0 saturated heterocycles. The van der Waals surface area contributed by atoms with Gasteiger partial charge in [0.05, 0.1) is 4.92 Å². The largest absolute Gasteiger partial charge is 0.415 e. The molecule has 1 rings (SSSR count). The summed E-state index contributed by atoms with van der Waals surface area (Å²) >= 11 is 0. The third kappa shape index (κ3) is 4.30. The van der Waals surface area contributed by atoms with E-state index in [2.05, 4.69) is 5.32 Å². The predicted octanol–water partition coefficient (Wildman–Crippen LogP) is 1.61. The minimum absolute atomic E-state index is 0.0884. The zero-order valence-electron chi connectivity index (χ0n) is 9.15. The maximum absolute atomic E-state index is 12.0. The molecule has 0 saturated carbocycles. The summed E-state index contributed by atoms with van der Waals surface area (Å²) in [5, 5.41) is 21.5. The lowest BCUT2D eigenvalue weighted by atomic mass is 10.2. The van der Waals surface area contributed by atoms with E-state index in [0.29, 0.717) is 5.56 Å². The monoisotopic (exact) mass is 264 g/mol. The molecular weight excluding hydrogens is 253 g/mol. The van der Waals surface area contributed by atoms with Gasteiger partial charge in [0.25, 0.3) is 5.69 Å². The number of nitrogens with zero attached hydrogens (tertiary/aromatic N) is 1. The van der Waals surface area contributed by atoms with E-state index in [9.17, 15) is 23.3 Å². The van der Waals surface area contributed by atoms with Gasteiger partial charge in [-0.3, -0.25) is 10.1 Å². The molecule has 18 heavy (non-hydrogen) atoms. The number of alkyl halides is 3. The Kier molecular flexibility index (Phi) is 4.62. The maximum atomic E-state index is 12.0. The fraction of sp³-hybridized carbons (Fsp3) is 0.400. The van der Waals surface area contributed by atoms with Crippen LogP contribution in [0.25, 0.3) is 0 Å². The van der Waals surface area contributed by atoms with Crippen LogP contribution in [0.1, 0.15) is 5.56 Å². The molecule has 0 aliphatic carbocycles. The van der Waals surface area contributed by atoms with Crippen LogP contribution >= 0.6 is 0 Å². The summed E-state index contributed by atoms with van der Waals surface area (Å²) < 4.78 is 35.9.